The van der Waals surface area contributed by atoms with Crippen molar-refractivity contribution in [1.82, 2.24) is 4.98 Å². The van der Waals surface area contributed by atoms with Crippen molar-refractivity contribution in [2.75, 3.05) is 11.9 Å². The van der Waals surface area contributed by atoms with Crippen LogP contribution >= 0.6 is 0 Å². The van der Waals surface area contributed by atoms with Crippen molar-refractivity contribution in [3.8, 4) is 0 Å². The van der Waals surface area contributed by atoms with Crippen LogP contribution in [0.1, 0.15) is 31.9 Å². The lowest BCUT2D eigenvalue weighted by molar-refractivity contribution is -0.0101. The highest BCUT2D eigenvalue weighted by atomic mass is 16.5. The molecule has 0 atom stereocenters. The van der Waals surface area contributed by atoms with Gasteiger partial charge in [-0.25, -0.2) is 0 Å². The molecule has 2 rings (SSSR count). The van der Waals surface area contributed by atoms with E-state index in [9.17, 15) is 0 Å². The first-order valence-corrected chi connectivity index (χ1v) is 5.69. The maximum absolute atomic E-state index is 5.71. The van der Waals surface area contributed by atoms with Crippen molar-refractivity contribution in [3.63, 3.8) is 0 Å². The Kier molecular flexibility index (Phi) is 3.56. The molecule has 1 fully saturated rings. The first kappa shape index (κ1) is 10.4. The van der Waals surface area contributed by atoms with Gasteiger partial charge in [0.2, 0.25) is 0 Å². The van der Waals surface area contributed by atoms with Gasteiger partial charge in [-0.05, 0) is 38.3 Å². The molecule has 0 amide bonds. The van der Waals surface area contributed by atoms with E-state index in [1.165, 1.54) is 19.3 Å². The van der Waals surface area contributed by atoms with Crippen LogP contribution < -0.4 is 5.32 Å². The van der Waals surface area contributed by atoms with E-state index >= 15 is 0 Å². The van der Waals surface area contributed by atoms with Crippen molar-refractivity contribution >= 4 is 5.69 Å². The van der Waals surface area contributed by atoms with Crippen LogP contribution in [-0.4, -0.2) is 17.6 Å². The Morgan fingerprint density at radius 1 is 1.53 bits per heavy atom. The van der Waals surface area contributed by atoms with E-state index in [-0.39, 0.29) is 0 Å². The van der Waals surface area contributed by atoms with E-state index in [0.717, 1.165) is 17.9 Å². The molecule has 1 N–H and O–H groups in total. The van der Waals surface area contributed by atoms with Gasteiger partial charge in [-0.3, -0.25) is 4.98 Å². The monoisotopic (exact) mass is 206 g/mol. The Morgan fingerprint density at radius 3 is 3.07 bits per heavy atom. The molecule has 1 aromatic heterocycles. The van der Waals surface area contributed by atoms with Gasteiger partial charge >= 0.3 is 0 Å². The maximum atomic E-state index is 5.71. The normalized spacial score (nSPS) is 16.1. The topological polar surface area (TPSA) is 34.2 Å². The van der Waals surface area contributed by atoms with E-state index < -0.39 is 0 Å². The van der Waals surface area contributed by atoms with E-state index in [1.54, 1.807) is 0 Å². The van der Waals surface area contributed by atoms with E-state index in [2.05, 4.69) is 23.3 Å². The van der Waals surface area contributed by atoms with Gasteiger partial charge in [0.1, 0.15) is 0 Å². The summed E-state index contributed by atoms with van der Waals surface area (Å²) in [7, 11) is 0. The molecule has 1 heterocycles. The lowest BCUT2D eigenvalue weighted by Gasteiger charge is -2.25. The molecule has 82 valence electrons. The van der Waals surface area contributed by atoms with Crippen molar-refractivity contribution in [3.05, 3.63) is 24.0 Å². The third-order valence-corrected chi connectivity index (χ3v) is 2.72. The Morgan fingerprint density at radius 2 is 2.40 bits per heavy atom. The van der Waals surface area contributed by atoms with E-state index in [4.69, 9.17) is 4.74 Å². The quantitative estimate of drug-likeness (QED) is 0.804. The molecule has 1 aromatic rings. The average Bonchev–Trinajstić information content (AvgIpc) is 2.16. The summed E-state index contributed by atoms with van der Waals surface area (Å²) in [5.74, 6) is 0. The van der Waals surface area contributed by atoms with Gasteiger partial charge in [-0.15, -0.1) is 0 Å². The van der Waals surface area contributed by atoms with E-state index in [0.29, 0.717) is 12.7 Å². The SMILES string of the molecule is CCNc1ccnc(COC2CCC2)c1. The Balaban J connectivity index is 1.86. The lowest BCUT2D eigenvalue weighted by Crippen LogP contribution is -2.21. The van der Waals surface area contributed by atoms with Gasteiger partial charge in [0, 0.05) is 18.4 Å². The van der Waals surface area contributed by atoms with Crippen LogP contribution in [0, 0.1) is 0 Å². The number of ether oxygens (including phenoxy) is 1. The molecule has 0 aromatic carbocycles. The Hall–Kier alpha value is -1.09. The maximum Gasteiger partial charge on any atom is 0.0892 e. The molecule has 0 saturated heterocycles. The summed E-state index contributed by atoms with van der Waals surface area (Å²) >= 11 is 0. The molecule has 0 bridgehead atoms. The number of nitrogens with one attached hydrogen (secondary N) is 1. The minimum atomic E-state index is 0.481. The van der Waals surface area contributed by atoms with Gasteiger partial charge in [-0.2, -0.15) is 0 Å². The summed E-state index contributed by atoms with van der Waals surface area (Å²) in [6.07, 6.45) is 6.06. The number of anilines is 1. The van der Waals surface area contributed by atoms with Gasteiger partial charge in [0.15, 0.2) is 0 Å². The zero-order valence-electron chi connectivity index (χ0n) is 9.20. The second kappa shape index (κ2) is 5.12. The van der Waals surface area contributed by atoms with Crippen LogP contribution in [0.15, 0.2) is 18.3 Å². The molecule has 3 heteroatoms. The summed E-state index contributed by atoms with van der Waals surface area (Å²) in [5.41, 5.74) is 2.14. The fourth-order valence-electron chi connectivity index (χ4n) is 1.61. The number of pyridine rings is 1. The second-order valence-electron chi connectivity index (χ2n) is 3.93. The second-order valence-corrected chi connectivity index (χ2v) is 3.93. The predicted molar refractivity (Wildman–Crippen MR) is 60.8 cm³/mol. The van der Waals surface area contributed by atoms with Crippen molar-refractivity contribution in [1.29, 1.82) is 0 Å². The molecule has 15 heavy (non-hydrogen) atoms. The van der Waals surface area contributed by atoms with Crippen molar-refractivity contribution in [2.24, 2.45) is 0 Å². The molecule has 3 nitrogen and oxygen atoms in total. The van der Waals surface area contributed by atoms with Gasteiger partial charge in [0.25, 0.3) is 0 Å². The molecular formula is C12H18N2O. The minimum absolute atomic E-state index is 0.481. The van der Waals surface area contributed by atoms with Crippen molar-refractivity contribution < 1.29 is 4.74 Å². The zero-order valence-corrected chi connectivity index (χ0v) is 9.20. The first-order valence-electron chi connectivity index (χ1n) is 5.69. The first-order chi connectivity index (χ1) is 7.38. The molecule has 1 aliphatic rings. The average molecular weight is 206 g/mol. The largest absolute Gasteiger partial charge is 0.385 e. The molecular weight excluding hydrogens is 188 g/mol. The zero-order chi connectivity index (χ0) is 10.5. The number of rotatable bonds is 5. The highest BCUT2D eigenvalue weighted by Crippen LogP contribution is 2.23. The molecule has 0 aliphatic heterocycles. The fraction of sp³-hybridized carbons (Fsp3) is 0.583. The molecule has 0 unspecified atom stereocenters. The molecule has 1 saturated carbocycles. The fourth-order valence-corrected chi connectivity index (χ4v) is 1.61. The van der Waals surface area contributed by atoms with Crippen LogP contribution in [0.4, 0.5) is 5.69 Å². The standard InChI is InChI=1S/C12H18N2O/c1-2-13-10-6-7-14-11(8-10)9-15-12-4-3-5-12/h6-8,12H,2-5,9H2,1H3,(H,13,14). The van der Waals surface area contributed by atoms with Gasteiger partial charge in [-0.1, -0.05) is 0 Å². The summed E-state index contributed by atoms with van der Waals surface area (Å²) in [5, 5.41) is 3.27. The Labute approximate surface area is 90.9 Å². The highest BCUT2D eigenvalue weighted by Gasteiger charge is 2.17. The minimum Gasteiger partial charge on any atom is -0.385 e. The molecule has 0 radical (unpaired) electrons. The number of hydrogen-bond acceptors (Lipinski definition) is 3. The smallest absolute Gasteiger partial charge is 0.0892 e. The summed E-state index contributed by atoms with van der Waals surface area (Å²) in [4.78, 5) is 4.29. The highest BCUT2D eigenvalue weighted by molar-refractivity contribution is 5.42. The summed E-state index contributed by atoms with van der Waals surface area (Å²) in [6.45, 7) is 3.67. The third kappa shape index (κ3) is 2.93. The lowest BCUT2D eigenvalue weighted by atomic mass is 9.96. The summed E-state index contributed by atoms with van der Waals surface area (Å²) in [6, 6.07) is 4.04. The Bertz CT molecular complexity index is 310. The van der Waals surface area contributed by atoms with Crippen LogP contribution in [0.2, 0.25) is 0 Å². The third-order valence-electron chi connectivity index (χ3n) is 2.72. The summed E-state index contributed by atoms with van der Waals surface area (Å²) < 4.78 is 5.71. The van der Waals surface area contributed by atoms with E-state index in [1.807, 2.05) is 12.3 Å². The van der Waals surface area contributed by atoms with Crippen LogP contribution in [0.3, 0.4) is 0 Å². The van der Waals surface area contributed by atoms with Crippen LogP contribution in [-0.2, 0) is 11.3 Å². The molecule has 0 spiro atoms. The van der Waals surface area contributed by atoms with Gasteiger partial charge in [0.05, 0.1) is 18.4 Å². The number of nitrogens with zero attached hydrogens (tertiary/aromatic N) is 1. The number of hydrogen-bond donors (Lipinski definition) is 1. The number of aromatic nitrogens is 1. The van der Waals surface area contributed by atoms with Crippen LogP contribution in [0.5, 0.6) is 0 Å². The van der Waals surface area contributed by atoms with Gasteiger partial charge < -0.3 is 10.1 Å². The van der Waals surface area contributed by atoms with Crippen LogP contribution in [0.25, 0.3) is 0 Å². The van der Waals surface area contributed by atoms with Crippen molar-refractivity contribution in [2.45, 2.75) is 38.9 Å². The predicted octanol–water partition coefficient (Wildman–Crippen LogP) is 2.58. The molecule has 1 aliphatic carbocycles.